The van der Waals surface area contributed by atoms with E-state index in [0.717, 1.165) is 30.6 Å². The van der Waals surface area contributed by atoms with Crippen LogP contribution in [-0.2, 0) is 0 Å². The van der Waals surface area contributed by atoms with Gasteiger partial charge >= 0.3 is 0 Å². The number of hydrogen-bond donors (Lipinski definition) is 2. The number of carbonyl (C=O) groups excluding carboxylic acids is 1. The minimum atomic E-state index is -0.0394. The Bertz CT molecular complexity index is 474. The van der Waals surface area contributed by atoms with Crippen LogP contribution in [0.4, 0.5) is 0 Å². The maximum Gasteiger partial charge on any atom is 0.251 e. The molecule has 1 aliphatic carbocycles. The summed E-state index contributed by atoms with van der Waals surface area (Å²) < 4.78 is 5.25. The zero-order valence-electron chi connectivity index (χ0n) is 12.3. The Morgan fingerprint density at radius 2 is 2.25 bits per heavy atom. The molecule has 4 nitrogen and oxygen atoms in total. The van der Waals surface area contributed by atoms with Gasteiger partial charge in [0.1, 0.15) is 5.75 Å². The van der Waals surface area contributed by atoms with Gasteiger partial charge in [0.25, 0.3) is 5.91 Å². The second kappa shape index (κ2) is 6.75. The van der Waals surface area contributed by atoms with Crippen LogP contribution in [0, 0.1) is 12.8 Å². The highest BCUT2D eigenvalue weighted by Gasteiger charge is 2.20. The molecule has 0 saturated heterocycles. The van der Waals surface area contributed by atoms with Gasteiger partial charge < -0.3 is 15.8 Å². The molecule has 0 heterocycles. The van der Waals surface area contributed by atoms with Crippen molar-refractivity contribution < 1.29 is 9.53 Å². The lowest BCUT2D eigenvalue weighted by Gasteiger charge is -2.26. The molecule has 4 heteroatoms. The van der Waals surface area contributed by atoms with Crippen LogP contribution < -0.4 is 15.8 Å². The molecule has 1 fully saturated rings. The molecule has 1 aliphatic rings. The molecule has 1 aromatic rings. The van der Waals surface area contributed by atoms with Crippen LogP contribution >= 0.6 is 0 Å². The summed E-state index contributed by atoms with van der Waals surface area (Å²) in [6, 6.07) is 5.83. The number of hydrogen-bond acceptors (Lipinski definition) is 3. The summed E-state index contributed by atoms with van der Waals surface area (Å²) in [5, 5.41) is 3.01. The standard InChI is InChI=1S/C16H24N2O2/c1-11-6-7-13(9-15(11)20-2)16(19)18-10-12-4-3-5-14(17)8-12/h6-7,9,12,14H,3-5,8,10,17H2,1-2H3,(H,18,19). The van der Waals surface area contributed by atoms with Gasteiger partial charge in [-0.15, -0.1) is 0 Å². The Morgan fingerprint density at radius 3 is 2.95 bits per heavy atom. The molecule has 0 spiro atoms. The van der Waals surface area contributed by atoms with Crippen LogP contribution in [0.1, 0.15) is 41.6 Å². The fraction of sp³-hybridized carbons (Fsp3) is 0.562. The van der Waals surface area contributed by atoms with E-state index in [0.29, 0.717) is 24.1 Å². The van der Waals surface area contributed by atoms with Gasteiger partial charge in [-0.25, -0.2) is 0 Å². The van der Waals surface area contributed by atoms with E-state index in [2.05, 4.69) is 5.32 Å². The topological polar surface area (TPSA) is 64.3 Å². The highest BCUT2D eigenvalue weighted by Crippen LogP contribution is 2.23. The number of rotatable bonds is 4. The first-order valence-electron chi connectivity index (χ1n) is 7.28. The van der Waals surface area contributed by atoms with E-state index >= 15 is 0 Å². The molecule has 1 aromatic carbocycles. The van der Waals surface area contributed by atoms with Gasteiger partial charge in [0.05, 0.1) is 7.11 Å². The van der Waals surface area contributed by atoms with Crippen molar-refractivity contribution in [3.05, 3.63) is 29.3 Å². The van der Waals surface area contributed by atoms with E-state index < -0.39 is 0 Å². The van der Waals surface area contributed by atoms with E-state index in [1.165, 1.54) is 6.42 Å². The maximum atomic E-state index is 12.2. The Labute approximate surface area is 120 Å². The van der Waals surface area contributed by atoms with E-state index in [4.69, 9.17) is 10.5 Å². The van der Waals surface area contributed by atoms with Gasteiger partial charge in [-0.05, 0) is 49.8 Å². The highest BCUT2D eigenvalue weighted by atomic mass is 16.5. The summed E-state index contributed by atoms with van der Waals surface area (Å²) in [5.74, 6) is 1.22. The van der Waals surface area contributed by atoms with E-state index in [9.17, 15) is 4.79 Å². The lowest BCUT2D eigenvalue weighted by molar-refractivity contribution is 0.0942. The summed E-state index contributed by atoms with van der Waals surface area (Å²) >= 11 is 0. The number of nitrogens with one attached hydrogen (secondary N) is 1. The first-order valence-corrected chi connectivity index (χ1v) is 7.28. The van der Waals surface area contributed by atoms with Crippen molar-refractivity contribution in [1.82, 2.24) is 5.32 Å². The lowest BCUT2D eigenvalue weighted by Crippen LogP contribution is -2.35. The average Bonchev–Trinajstić information content (AvgIpc) is 2.45. The molecule has 0 radical (unpaired) electrons. The number of amides is 1. The largest absolute Gasteiger partial charge is 0.496 e. The van der Waals surface area contributed by atoms with Gasteiger partial charge in [0.15, 0.2) is 0 Å². The van der Waals surface area contributed by atoms with Gasteiger partial charge in [-0.2, -0.15) is 0 Å². The number of aryl methyl sites for hydroxylation is 1. The smallest absolute Gasteiger partial charge is 0.251 e. The second-order valence-corrected chi connectivity index (χ2v) is 5.69. The van der Waals surface area contributed by atoms with Crippen molar-refractivity contribution in [2.24, 2.45) is 11.7 Å². The molecule has 1 amide bonds. The predicted octanol–water partition coefficient (Wildman–Crippen LogP) is 2.25. The zero-order valence-corrected chi connectivity index (χ0v) is 12.3. The van der Waals surface area contributed by atoms with Crippen LogP contribution in [0.25, 0.3) is 0 Å². The van der Waals surface area contributed by atoms with Crippen molar-refractivity contribution in [2.45, 2.75) is 38.6 Å². The van der Waals surface area contributed by atoms with Crippen LogP contribution in [0.5, 0.6) is 5.75 Å². The molecular formula is C16H24N2O2. The van der Waals surface area contributed by atoms with Gasteiger partial charge in [-0.1, -0.05) is 12.5 Å². The quantitative estimate of drug-likeness (QED) is 0.886. The Morgan fingerprint density at radius 1 is 1.45 bits per heavy atom. The van der Waals surface area contributed by atoms with Gasteiger partial charge in [0, 0.05) is 18.2 Å². The fourth-order valence-electron chi connectivity index (χ4n) is 2.82. The molecule has 3 N–H and O–H groups in total. The van der Waals surface area contributed by atoms with E-state index in [-0.39, 0.29) is 5.91 Å². The SMILES string of the molecule is COc1cc(C(=O)NCC2CCCC(N)C2)ccc1C. The highest BCUT2D eigenvalue weighted by molar-refractivity contribution is 5.94. The molecule has 20 heavy (non-hydrogen) atoms. The summed E-state index contributed by atoms with van der Waals surface area (Å²) in [7, 11) is 1.62. The predicted molar refractivity (Wildman–Crippen MR) is 80.0 cm³/mol. The van der Waals surface area contributed by atoms with E-state index in [1.54, 1.807) is 13.2 Å². The van der Waals surface area contributed by atoms with Crippen molar-refractivity contribution in [1.29, 1.82) is 0 Å². The van der Waals surface area contributed by atoms with Crippen molar-refractivity contribution >= 4 is 5.91 Å². The number of benzene rings is 1. The zero-order chi connectivity index (χ0) is 14.5. The summed E-state index contributed by atoms with van der Waals surface area (Å²) in [5.41, 5.74) is 7.64. The first kappa shape index (κ1) is 14.9. The van der Waals surface area contributed by atoms with E-state index in [1.807, 2.05) is 19.1 Å². The number of methoxy groups -OCH3 is 1. The Hall–Kier alpha value is -1.55. The molecule has 110 valence electrons. The van der Waals surface area contributed by atoms with Crippen molar-refractivity contribution in [3.63, 3.8) is 0 Å². The first-order chi connectivity index (χ1) is 9.60. The average molecular weight is 276 g/mol. The fourth-order valence-corrected chi connectivity index (χ4v) is 2.82. The molecule has 0 aliphatic heterocycles. The summed E-state index contributed by atoms with van der Waals surface area (Å²) in [6.07, 6.45) is 4.45. The number of carbonyl (C=O) groups is 1. The second-order valence-electron chi connectivity index (χ2n) is 5.69. The van der Waals surface area contributed by atoms with Gasteiger partial charge in [-0.3, -0.25) is 4.79 Å². The molecular weight excluding hydrogens is 252 g/mol. The maximum absolute atomic E-state index is 12.2. The normalized spacial score (nSPS) is 22.4. The minimum Gasteiger partial charge on any atom is -0.496 e. The van der Waals surface area contributed by atoms with Gasteiger partial charge in [0.2, 0.25) is 0 Å². The summed E-state index contributed by atoms with van der Waals surface area (Å²) in [6.45, 7) is 2.67. The summed E-state index contributed by atoms with van der Waals surface area (Å²) in [4.78, 5) is 12.2. The van der Waals surface area contributed by atoms with Crippen molar-refractivity contribution in [3.8, 4) is 5.75 Å². The molecule has 2 unspecified atom stereocenters. The molecule has 2 rings (SSSR count). The van der Waals surface area contributed by atoms with Crippen LogP contribution in [0.2, 0.25) is 0 Å². The number of nitrogens with two attached hydrogens (primary N) is 1. The molecule has 0 bridgehead atoms. The lowest BCUT2D eigenvalue weighted by atomic mass is 9.86. The third-order valence-corrected chi connectivity index (χ3v) is 4.04. The Balaban J connectivity index is 1.91. The monoisotopic (exact) mass is 276 g/mol. The van der Waals surface area contributed by atoms with Crippen molar-refractivity contribution in [2.75, 3.05) is 13.7 Å². The molecule has 0 aromatic heterocycles. The molecule has 2 atom stereocenters. The Kier molecular flexibility index (Phi) is 5.01. The number of ether oxygens (including phenoxy) is 1. The molecule has 1 saturated carbocycles. The third-order valence-electron chi connectivity index (χ3n) is 4.04. The minimum absolute atomic E-state index is 0.0394. The van der Waals surface area contributed by atoms with Crippen LogP contribution in [0.3, 0.4) is 0 Å². The third kappa shape index (κ3) is 3.73. The van der Waals surface area contributed by atoms with Crippen LogP contribution in [0.15, 0.2) is 18.2 Å². The van der Waals surface area contributed by atoms with Crippen LogP contribution in [-0.4, -0.2) is 25.6 Å².